The van der Waals surface area contributed by atoms with Crippen molar-refractivity contribution in [3.8, 4) is 0 Å². The van der Waals surface area contributed by atoms with Gasteiger partial charge in [-0.25, -0.2) is 14.6 Å². The van der Waals surface area contributed by atoms with E-state index >= 15 is 0 Å². The minimum Gasteiger partial charge on any atom is -0.462 e. The van der Waals surface area contributed by atoms with Crippen LogP contribution >= 0.6 is 11.3 Å². The highest BCUT2D eigenvalue weighted by Gasteiger charge is 2.09. The van der Waals surface area contributed by atoms with Crippen molar-refractivity contribution in [1.82, 2.24) is 4.98 Å². The van der Waals surface area contributed by atoms with Gasteiger partial charge in [-0.15, -0.1) is 11.3 Å². The first kappa shape index (κ1) is 20.2. The monoisotopic (exact) mass is 410 g/mol. The van der Waals surface area contributed by atoms with Gasteiger partial charge in [0.25, 0.3) is 5.91 Å². The predicted octanol–water partition coefficient (Wildman–Crippen LogP) is 3.67. The average Bonchev–Trinajstić information content (AvgIpc) is 3.14. The van der Waals surface area contributed by atoms with Gasteiger partial charge in [0.15, 0.2) is 6.61 Å². The number of rotatable bonds is 7. The fraction of sp³-hybridized carbons (Fsp3) is 0.143. The molecule has 0 radical (unpaired) electrons. The van der Waals surface area contributed by atoms with Crippen molar-refractivity contribution in [2.45, 2.75) is 6.92 Å². The molecule has 8 heteroatoms. The van der Waals surface area contributed by atoms with Gasteiger partial charge in [0, 0.05) is 11.8 Å². The summed E-state index contributed by atoms with van der Waals surface area (Å²) in [5, 5.41) is 3.26. The maximum absolute atomic E-state index is 11.9. The fourth-order valence-corrected chi connectivity index (χ4v) is 3.26. The Morgan fingerprint density at radius 2 is 1.83 bits per heavy atom. The molecule has 7 nitrogen and oxygen atoms in total. The van der Waals surface area contributed by atoms with Gasteiger partial charge < -0.3 is 14.8 Å². The number of nitrogens with one attached hydrogen (secondary N) is 1. The molecular weight excluding hydrogens is 392 g/mol. The van der Waals surface area contributed by atoms with Gasteiger partial charge in [-0.05, 0) is 49.4 Å². The molecule has 0 saturated carbocycles. The Kier molecular flexibility index (Phi) is 6.70. The molecule has 2 aromatic carbocycles. The number of nitrogens with zero attached hydrogens (tertiary/aromatic N) is 1. The topological polar surface area (TPSA) is 94.6 Å². The summed E-state index contributed by atoms with van der Waals surface area (Å²) in [7, 11) is 0. The third-order valence-electron chi connectivity index (χ3n) is 3.70. The smallest absolute Gasteiger partial charge is 0.338 e. The van der Waals surface area contributed by atoms with Gasteiger partial charge in [-0.1, -0.05) is 12.1 Å². The Hall–Kier alpha value is -3.52. The number of fused-ring (bicyclic) bond motifs is 1. The van der Waals surface area contributed by atoms with Gasteiger partial charge in [0.2, 0.25) is 0 Å². The Bertz CT molecular complexity index is 1020. The molecule has 0 spiro atoms. The van der Waals surface area contributed by atoms with Gasteiger partial charge in [-0.2, -0.15) is 0 Å². The second-order valence-corrected chi connectivity index (χ2v) is 6.87. The number of carbonyl (C=O) groups is 3. The lowest BCUT2D eigenvalue weighted by Gasteiger charge is -2.06. The molecule has 148 valence electrons. The summed E-state index contributed by atoms with van der Waals surface area (Å²) in [6.45, 7) is 1.58. The summed E-state index contributed by atoms with van der Waals surface area (Å²) in [5.74, 6) is -1.56. The first-order valence-electron chi connectivity index (χ1n) is 8.82. The number of hydrogen-bond donors (Lipinski definition) is 1. The lowest BCUT2D eigenvalue weighted by Crippen LogP contribution is -2.20. The maximum atomic E-state index is 11.9. The molecule has 0 aliphatic rings. The van der Waals surface area contributed by atoms with E-state index < -0.39 is 24.5 Å². The first-order valence-corrected chi connectivity index (χ1v) is 9.64. The fourth-order valence-electron chi connectivity index (χ4n) is 2.39. The molecule has 1 aromatic heterocycles. The second-order valence-electron chi connectivity index (χ2n) is 5.81. The number of amides is 1. The SMILES string of the molecule is CCOC(=O)c1ccc(NC(=O)COC(=O)/C=C/c2nc3ccccc3s2)cc1. The van der Waals surface area contributed by atoms with E-state index in [0.717, 1.165) is 10.2 Å². The number of anilines is 1. The first-order chi connectivity index (χ1) is 14.0. The molecule has 3 rings (SSSR count). The molecule has 1 heterocycles. The Morgan fingerprint density at radius 1 is 1.07 bits per heavy atom. The van der Waals surface area contributed by atoms with Crippen LogP contribution in [0.25, 0.3) is 16.3 Å². The van der Waals surface area contributed by atoms with Crippen LogP contribution in [0.3, 0.4) is 0 Å². The van der Waals surface area contributed by atoms with Gasteiger partial charge in [0.1, 0.15) is 5.01 Å². The minimum absolute atomic E-state index is 0.288. The van der Waals surface area contributed by atoms with Crippen LogP contribution < -0.4 is 5.32 Å². The number of hydrogen-bond acceptors (Lipinski definition) is 7. The third kappa shape index (κ3) is 5.73. The number of aromatic nitrogens is 1. The molecule has 1 N–H and O–H groups in total. The molecule has 29 heavy (non-hydrogen) atoms. The molecule has 3 aromatic rings. The summed E-state index contributed by atoms with van der Waals surface area (Å²) >= 11 is 1.45. The Balaban J connectivity index is 1.47. The zero-order valence-corrected chi connectivity index (χ0v) is 16.4. The molecule has 0 fully saturated rings. The van der Waals surface area contributed by atoms with E-state index in [9.17, 15) is 14.4 Å². The Labute approximate surface area is 171 Å². The highest BCUT2D eigenvalue weighted by atomic mass is 32.1. The van der Waals surface area contributed by atoms with E-state index in [0.29, 0.717) is 16.3 Å². The molecule has 0 atom stereocenters. The van der Waals surface area contributed by atoms with Crippen molar-refractivity contribution in [1.29, 1.82) is 0 Å². The maximum Gasteiger partial charge on any atom is 0.338 e. The van der Waals surface area contributed by atoms with Crippen molar-refractivity contribution < 1.29 is 23.9 Å². The van der Waals surface area contributed by atoms with E-state index in [2.05, 4.69) is 10.3 Å². The third-order valence-corrected chi connectivity index (χ3v) is 4.70. The standard InChI is InChI=1S/C21H18N2O5S/c1-2-27-21(26)14-7-9-15(10-8-14)22-18(24)13-28-20(25)12-11-19-23-16-5-3-4-6-17(16)29-19/h3-12H,2,13H2,1H3,(H,22,24)/b12-11+. The van der Waals surface area contributed by atoms with Crippen LogP contribution in [0.1, 0.15) is 22.3 Å². The number of esters is 2. The number of benzene rings is 2. The number of para-hydroxylation sites is 1. The lowest BCUT2D eigenvalue weighted by atomic mass is 10.2. The van der Waals surface area contributed by atoms with E-state index in [1.807, 2.05) is 24.3 Å². The van der Waals surface area contributed by atoms with Crippen molar-refractivity contribution in [2.24, 2.45) is 0 Å². The molecule has 0 unspecified atom stereocenters. The van der Waals surface area contributed by atoms with Gasteiger partial charge in [0.05, 0.1) is 22.4 Å². The predicted molar refractivity (Wildman–Crippen MR) is 111 cm³/mol. The zero-order valence-electron chi connectivity index (χ0n) is 15.6. The lowest BCUT2D eigenvalue weighted by molar-refractivity contribution is -0.142. The van der Waals surface area contributed by atoms with Crippen LogP contribution in [-0.2, 0) is 19.1 Å². The highest BCUT2D eigenvalue weighted by Crippen LogP contribution is 2.22. The van der Waals surface area contributed by atoms with Crippen LogP contribution in [0.5, 0.6) is 0 Å². The molecule has 0 aliphatic carbocycles. The van der Waals surface area contributed by atoms with E-state index in [1.165, 1.54) is 17.4 Å². The van der Waals surface area contributed by atoms with Crippen LogP contribution in [0.4, 0.5) is 5.69 Å². The quantitative estimate of drug-likeness (QED) is 0.472. The average molecular weight is 410 g/mol. The van der Waals surface area contributed by atoms with Gasteiger partial charge >= 0.3 is 11.9 Å². The summed E-state index contributed by atoms with van der Waals surface area (Å²) in [4.78, 5) is 39.7. The van der Waals surface area contributed by atoms with Crippen molar-refractivity contribution in [2.75, 3.05) is 18.5 Å². The summed E-state index contributed by atoms with van der Waals surface area (Å²) < 4.78 is 10.8. The molecule has 0 aliphatic heterocycles. The molecule has 0 saturated heterocycles. The van der Waals surface area contributed by atoms with Crippen molar-refractivity contribution in [3.05, 3.63) is 65.2 Å². The minimum atomic E-state index is -0.642. The van der Waals surface area contributed by atoms with Crippen LogP contribution in [0, 0.1) is 0 Å². The molecular formula is C21H18N2O5S. The molecule has 1 amide bonds. The van der Waals surface area contributed by atoms with E-state index in [4.69, 9.17) is 9.47 Å². The van der Waals surface area contributed by atoms with Crippen molar-refractivity contribution in [3.63, 3.8) is 0 Å². The largest absolute Gasteiger partial charge is 0.462 e. The van der Waals surface area contributed by atoms with Crippen LogP contribution in [0.15, 0.2) is 54.6 Å². The van der Waals surface area contributed by atoms with Crippen LogP contribution in [0.2, 0.25) is 0 Å². The Morgan fingerprint density at radius 3 is 2.55 bits per heavy atom. The second kappa shape index (κ2) is 9.61. The molecule has 0 bridgehead atoms. The summed E-state index contributed by atoms with van der Waals surface area (Å²) in [5.41, 5.74) is 1.72. The summed E-state index contributed by atoms with van der Waals surface area (Å²) in [6.07, 6.45) is 2.79. The normalized spacial score (nSPS) is 10.8. The van der Waals surface area contributed by atoms with Gasteiger partial charge in [-0.3, -0.25) is 4.79 Å². The van der Waals surface area contributed by atoms with E-state index in [-0.39, 0.29) is 6.61 Å². The number of carbonyl (C=O) groups excluding carboxylic acids is 3. The van der Waals surface area contributed by atoms with E-state index in [1.54, 1.807) is 37.3 Å². The van der Waals surface area contributed by atoms with Crippen LogP contribution in [-0.4, -0.2) is 36.0 Å². The number of ether oxygens (including phenoxy) is 2. The highest BCUT2D eigenvalue weighted by molar-refractivity contribution is 7.19. The number of thiazole rings is 1. The zero-order chi connectivity index (χ0) is 20.6. The van der Waals surface area contributed by atoms with Crippen molar-refractivity contribution >= 4 is 51.2 Å². The summed E-state index contributed by atoms with van der Waals surface area (Å²) in [6, 6.07) is 13.9.